The van der Waals surface area contributed by atoms with E-state index in [-0.39, 0.29) is 5.91 Å². The molecule has 0 bridgehead atoms. The molecule has 0 spiro atoms. The topological polar surface area (TPSA) is 62.5 Å². The first-order valence-corrected chi connectivity index (χ1v) is 7.52. The van der Waals surface area contributed by atoms with Crippen molar-refractivity contribution in [3.05, 3.63) is 47.9 Å². The first-order valence-electron chi connectivity index (χ1n) is 7.52. The van der Waals surface area contributed by atoms with Crippen LogP contribution < -0.4 is 0 Å². The molecule has 0 aliphatic carbocycles. The molecule has 2 aromatic heterocycles. The fourth-order valence-corrected chi connectivity index (χ4v) is 2.67. The number of carbonyl (C=O) groups excluding carboxylic acids is 1. The summed E-state index contributed by atoms with van der Waals surface area (Å²) in [6.07, 6.45) is 7.03. The Hall–Kier alpha value is -2.21. The summed E-state index contributed by atoms with van der Waals surface area (Å²) in [4.78, 5) is 24.5. The van der Waals surface area contributed by atoms with Crippen LogP contribution >= 0.6 is 0 Å². The molecule has 116 valence electrons. The fourth-order valence-electron chi connectivity index (χ4n) is 2.67. The molecule has 1 fully saturated rings. The van der Waals surface area contributed by atoms with Gasteiger partial charge in [0.1, 0.15) is 6.26 Å². The summed E-state index contributed by atoms with van der Waals surface area (Å²) in [6, 6.07) is 4.08. The van der Waals surface area contributed by atoms with Crippen LogP contribution in [0.3, 0.4) is 0 Å². The quantitative estimate of drug-likeness (QED) is 0.844. The van der Waals surface area contributed by atoms with Gasteiger partial charge in [-0.05, 0) is 37.6 Å². The van der Waals surface area contributed by atoms with E-state index in [1.165, 1.54) is 38.6 Å². The van der Waals surface area contributed by atoms with Gasteiger partial charge >= 0.3 is 0 Å². The second-order valence-corrected chi connectivity index (χ2v) is 5.68. The van der Waals surface area contributed by atoms with E-state index in [4.69, 9.17) is 4.42 Å². The lowest BCUT2D eigenvalue weighted by Gasteiger charge is -2.17. The third kappa shape index (κ3) is 3.51. The van der Waals surface area contributed by atoms with Gasteiger partial charge in [0.05, 0.1) is 5.69 Å². The van der Waals surface area contributed by atoms with E-state index in [0.29, 0.717) is 12.2 Å². The minimum absolute atomic E-state index is 0.158. The zero-order chi connectivity index (χ0) is 15.4. The summed E-state index contributed by atoms with van der Waals surface area (Å²) >= 11 is 0. The van der Waals surface area contributed by atoms with E-state index in [1.54, 1.807) is 11.9 Å². The van der Waals surface area contributed by atoms with Crippen molar-refractivity contribution in [3.8, 4) is 0 Å². The van der Waals surface area contributed by atoms with Crippen LogP contribution in [0.2, 0.25) is 0 Å². The van der Waals surface area contributed by atoms with Gasteiger partial charge in [-0.3, -0.25) is 14.7 Å². The third-order valence-electron chi connectivity index (χ3n) is 3.89. The van der Waals surface area contributed by atoms with Crippen LogP contribution in [-0.2, 0) is 13.1 Å². The maximum atomic E-state index is 12.1. The molecule has 6 nitrogen and oxygen atoms in total. The number of carbonyl (C=O) groups is 1. The molecule has 1 aliphatic rings. The average Bonchev–Trinajstić information content (AvgIpc) is 3.21. The van der Waals surface area contributed by atoms with E-state index >= 15 is 0 Å². The van der Waals surface area contributed by atoms with Gasteiger partial charge in [0.2, 0.25) is 0 Å². The van der Waals surface area contributed by atoms with Gasteiger partial charge in [-0.2, -0.15) is 0 Å². The van der Waals surface area contributed by atoms with Gasteiger partial charge in [0, 0.05) is 26.3 Å². The van der Waals surface area contributed by atoms with Crippen LogP contribution in [0.1, 0.15) is 34.6 Å². The summed E-state index contributed by atoms with van der Waals surface area (Å²) in [5, 5.41) is 0. The number of rotatable bonds is 5. The molecule has 6 heteroatoms. The lowest BCUT2D eigenvalue weighted by Crippen LogP contribution is -2.26. The zero-order valence-electron chi connectivity index (χ0n) is 12.7. The van der Waals surface area contributed by atoms with Crippen LogP contribution in [0.15, 0.2) is 35.4 Å². The van der Waals surface area contributed by atoms with E-state index < -0.39 is 0 Å². The van der Waals surface area contributed by atoms with Gasteiger partial charge in [-0.1, -0.05) is 6.07 Å². The van der Waals surface area contributed by atoms with Crippen molar-refractivity contribution in [1.29, 1.82) is 0 Å². The van der Waals surface area contributed by atoms with Crippen LogP contribution in [0.4, 0.5) is 0 Å². The first kappa shape index (κ1) is 14.7. The van der Waals surface area contributed by atoms with Crippen molar-refractivity contribution < 1.29 is 9.21 Å². The minimum atomic E-state index is -0.158. The van der Waals surface area contributed by atoms with Gasteiger partial charge in [-0.25, -0.2) is 4.98 Å². The average molecular weight is 300 g/mol. The highest BCUT2D eigenvalue weighted by molar-refractivity contribution is 5.91. The molecule has 0 atom stereocenters. The smallest absolute Gasteiger partial charge is 0.275 e. The number of hydrogen-bond donors (Lipinski definition) is 0. The predicted molar refractivity (Wildman–Crippen MR) is 81.0 cm³/mol. The number of hydrogen-bond acceptors (Lipinski definition) is 5. The second kappa shape index (κ2) is 6.70. The van der Waals surface area contributed by atoms with Gasteiger partial charge < -0.3 is 9.32 Å². The molecule has 3 heterocycles. The highest BCUT2D eigenvalue weighted by Gasteiger charge is 2.15. The summed E-state index contributed by atoms with van der Waals surface area (Å²) in [7, 11) is 1.75. The molecule has 0 saturated carbocycles. The van der Waals surface area contributed by atoms with Crippen molar-refractivity contribution in [2.45, 2.75) is 25.9 Å². The van der Waals surface area contributed by atoms with Crippen LogP contribution in [-0.4, -0.2) is 45.8 Å². The second-order valence-electron chi connectivity index (χ2n) is 5.68. The maximum absolute atomic E-state index is 12.1. The van der Waals surface area contributed by atoms with Crippen molar-refractivity contribution in [1.82, 2.24) is 19.8 Å². The molecular weight excluding hydrogens is 280 g/mol. The predicted octanol–water partition coefficient (Wildman–Crippen LogP) is 1.94. The normalized spacial score (nSPS) is 15.1. The summed E-state index contributed by atoms with van der Waals surface area (Å²) in [5.41, 5.74) is 2.40. The van der Waals surface area contributed by atoms with Gasteiger partial charge in [-0.15, -0.1) is 0 Å². The van der Waals surface area contributed by atoms with E-state index in [0.717, 1.165) is 17.8 Å². The first-order chi connectivity index (χ1) is 10.7. The molecule has 0 aromatic carbocycles. The van der Waals surface area contributed by atoms with Crippen molar-refractivity contribution in [3.63, 3.8) is 0 Å². The standard InChI is InChI=1S/C16H20N4O2/c1-19(16(21)15-11-22-12-18-15)9-13-4-5-14(17-8-13)10-20-6-2-3-7-20/h4-5,8,11-12H,2-3,6-7,9-10H2,1H3. The minimum Gasteiger partial charge on any atom is -0.451 e. The number of amides is 1. The maximum Gasteiger partial charge on any atom is 0.275 e. The van der Waals surface area contributed by atoms with E-state index in [9.17, 15) is 4.79 Å². The highest BCUT2D eigenvalue weighted by atomic mass is 16.3. The van der Waals surface area contributed by atoms with Crippen LogP contribution in [0, 0.1) is 0 Å². The number of likely N-dealkylation sites (tertiary alicyclic amines) is 1. The Bertz CT molecular complexity index is 604. The van der Waals surface area contributed by atoms with E-state index in [1.807, 2.05) is 18.3 Å². The molecule has 3 rings (SSSR count). The van der Waals surface area contributed by atoms with Gasteiger partial charge in [0.15, 0.2) is 12.1 Å². The molecule has 0 radical (unpaired) electrons. The Labute approximate surface area is 129 Å². The van der Waals surface area contributed by atoms with Crippen LogP contribution in [0.25, 0.3) is 0 Å². The summed E-state index contributed by atoms with van der Waals surface area (Å²) < 4.78 is 4.84. The van der Waals surface area contributed by atoms with Crippen molar-refractivity contribution in [2.75, 3.05) is 20.1 Å². The molecule has 22 heavy (non-hydrogen) atoms. The fraction of sp³-hybridized carbons (Fsp3) is 0.438. The van der Waals surface area contributed by atoms with Gasteiger partial charge in [0.25, 0.3) is 5.91 Å². The van der Waals surface area contributed by atoms with Crippen LogP contribution in [0.5, 0.6) is 0 Å². The number of nitrogens with zero attached hydrogens (tertiary/aromatic N) is 4. The Morgan fingerprint density at radius 3 is 2.77 bits per heavy atom. The molecule has 0 unspecified atom stereocenters. The number of aromatic nitrogens is 2. The third-order valence-corrected chi connectivity index (χ3v) is 3.89. The summed E-state index contributed by atoms with van der Waals surface area (Å²) in [6.45, 7) is 3.74. The SMILES string of the molecule is CN(Cc1ccc(CN2CCCC2)nc1)C(=O)c1cocn1. The lowest BCUT2D eigenvalue weighted by molar-refractivity contribution is 0.0779. The number of pyridine rings is 1. The summed E-state index contributed by atoms with van der Waals surface area (Å²) in [5.74, 6) is -0.158. The lowest BCUT2D eigenvalue weighted by atomic mass is 10.2. The Kier molecular flexibility index (Phi) is 4.48. The molecule has 2 aromatic rings. The zero-order valence-corrected chi connectivity index (χ0v) is 12.7. The molecule has 1 saturated heterocycles. The van der Waals surface area contributed by atoms with E-state index in [2.05, 4.69) is 14.9 Å². The molecule has 1 aliphatic heterocycles. The highest BCUT2D eigenvalue weighted by Crippen LogP contribution is 2.12. The Morgan fingerprint density at radius 2 is 2.14 bits per heavy atom. The van der Waals surface area contributed by atoms with Crippen molar-refractivity contribution >= 4 is 5.91 Å². The number of oxazole rings is 1. The molecule has 0 N–H and O–H groups in total. The Morgan fingerprint density at radius 1 is 1.32 bits per heavy atom. The Balaban J connectivity index is 1.57. The van der Waals surface area contributed by atoms with Crippen molar-refractivity contribution in [2.24, 2.45) is 0 Å². The monoisotopic (exact) mass is 300 g/mol. The largest absolute Gasteiger partial charge is 0.451 e. The molecule has 1 amide bonds. The molecular formula is C16H20N4O2.